The lowest BCUT2D eigenvalue weighted by Gasteiger charge is -2.45. The first-order chi connectivity index (χ1) is 19.6. The van der Waals surface area contributed by atoms with Gasteiger partial charge in [-0.05, 0) is 67.3 Å². The Balaban J connectivity index is 0.952. The highest BCUT2D eigenvalue weighted by molar-refractivity contribution is 5.90. The van der Waals surface area contributed by atoms with Crippen LogP contribution in [0.25, 0.3) is 10.9 Å². The number of benzene rings is 3. The van der Waals surface area contributed by atoms with E-state index in [0.29, 0.717) is 12.1 Å². The minimum atomic E-state index is 0.349. The third kappa shape index (κ3) is 6.13. The van der Waals surface area contributed by atoms with Crippen molar-refractivity contribution in [2.24, 2.45) is 11.8 Å². The summed E-state index contributed by atoms with van der Waals surface area (Å²) in [5, 5.41) is 8.57. The lowest BCUT2D eigenvalue weighted by Crippen LogP contribution is -2.52. The summed E-state index contributed by atoms with van der Waals surface area (Å²) in [4.78, 5) is 14.4. The first-order valence-corrected chi connectivity index (χ1v) is 14.9. The molecule has 0 bridgehead atoms. The number of nitrogens with zero attached hydrogens (tertiary/aromatic N) is 4. The van der Waals surface area contributed by atoms with Crippen LogP contribution in [0.15, 0.2) is 84.9 Å². The van der Waals surface area contributed by atoms with Gasteiger partial charge in [0.2, 0.25) is 5.95 Å². The van der Waals surface area contributed by atoms with E-state index >= 15 is 0 Å². The average Bonchev–Trinajstić information content (AvgIpc) is 2.97. The van der Waals surface area contributed by atoms with Gasteiger partial charge in [0.1, 0.15) is 5.82 Å². The molecule has 40 heavy (non-hydrogen) atoms. The molecule has 2 N–H and O–H groups in total. The molecule has 208 valence electrons. The second-order valence-electron chi connectivity index (χ2n) is 11.8. The Morgan fingerprint density at radius 2 is 1.35 bits per heavy atom. The predicted molar refractivity (Wildman–Crippen MR) is 166 cm³/mol. The monoisotopic (exact) mass is 534 g/mol. The molecule has 4 aromatic rings. The van der Waals surface area contributed by atoms with E-state index in [9.17, 15) is 0 Å². The maximum Gasteiger partial charge on any atom is 0.225 e. The Hall–Kier alpha value is -3.48. The minimum absolute atomic E-state index is 0.349. The maximum atomic E-state index is 4.84. The summed E-state index contributed by atoms with van der Waals surface area (Å²) in [6.07, 6.45) is 4.85. The van der Waals surface area contributed by atoms with Gasteiger partial charge in [-0.15, -0.1) is 0 Å². The van der Waals surface area contributed by atoms with Crippen LogP contribution < -0.4 is 15.5 Å². The van der Waals surface area contributed by atoms with Gasteiger partial charge in [-0.1, -0.05) is 72.8 Å². The average molecular weight is 535 g/mol. The van der Waals surface area contributed by atoms with Crippen LogP contribution in [0.5, 0.6) is 0 Å². The molecule has 1 saturated heterocycles. The minimum Gasteiger partial charge on any atom is -0.362 e. The second kappa shape index (κ2) is 12.4. The zero-order chi connectivity index (χ0) is 27.3. The maximum absolute atomic E-state index is 4.84. The number of rotatable bonds is 10. The SMILES string of the molecule is CN(C)c1nc(N[C@H]2CC[C@@H](CNCC3CN(C(c4ccccc4)c4ccccc4)C3)CC2)nc2ccccc12. The van der Waals surface area contributed by atoms with Crippen LogP contribution >= 0.6 is 0 Å². The molecular formula is C34H42N6. The van der Waals surface area contributed by atoms with Gasteiger partial charge in [0, 0.05) is 45.2 Å². The standard InChI is InChI=1S/C34H42N6/c1-39(2)33-30-15-9-10-16-31(30)37-34(38-33)36-29-19-17-25(18-20-29)21-35-22-26-23-40(24-26)32(27-11-5-3-6-12-27)28-13-7-4-8-14-28/h3-16,25-26,29,32,35H,17-24H2,1-2H3,(H,36,37,38)/t25-,29+. The zero-order valence-electron chi connectivity index (χ0n) is 23.8. The number of anilines is 2. The Labute approximate surface area is 238 Å². The van der Waals surface area contributed by atoms with Crippen molar-refractivity contribution in [3.8, 4) is 0 Å². The third-order valence-corrected chi connectivity index (χ3v) is 8.63. The highest BCUT2D eigenvalue weighted by Crippen LogP contribution is 2.34. The van der Waals surface area contributed by atoms with Gasteiger partial charge < -0.3 is 15.5 Å². The number of nitrogens with one attached hydrogen (secondary N) is 2. The molecular weight excluding hydrogens is 492 g/mol. The Morgan fingerprint density at radius 1 is 0.750 bits per heavy atom. The van der Waals surface area contributed by atoms with Gasteiger partial charge in [0.15, 0.2) is 0 Å². The zero-order valence-corrected chi connectivity index (χ0v) is 23.8. The number of fused-ring (bicyclic) bond motifs is 1. The largest absolute Gasteiger partial charge is 0.362 e. The van der Waals surface area contributed by atoms with Crippen LogP contribution in [0.3, 0.4) is 0 Å². The molecule has 2 heterocycles. The van der Waals surface area contributed by atoms with Crippen molar-refractivity contribution in [3.63, 3.8) is 0 Å². The molecule has 1 aromatic heterocycles. The number of hydrogen-bond donors (Lipinski definition) is 2. The smallest absolute Gasteiger partial charge is 0.225 e. The van der Waals surface area contributed by atoms with Crippen LogP contribution in [0, 0.1) is 11.8 Å². The molecule has 2 aliphatic rings. The highest BCUT2D eigenvalue weighted by atomic mass is 15.2. The summed E-state index contributed by atoms with van der Waals surface area (Å²) in [5.41, 5.74) is 3.77. The van der Waals surface area contributed by atoms with Crippen LogP contribution in [0.4, 0.5) is 11.8 Å². The fourth-order valence-electron chi connectivity index (χ4n) is 6.48. The first-order valence-electron chi connectivity index (χ1n) is 14.9. The summed E-state index contributed by atoms with van der Waals surface area (Å²) >= 11 is 0. The van der Waals surface area contributed by atoms with Crippen molar-refractivity contribution in [1.82, 2.24) is 20.2 Å². The molecule has 1 aliphatic carbocycles. The third-order valence-electron chi connectivity index (χ3n) is 8.63. The number of likely N-dealkylation sites (tertiary alicyclic amines) is 1. The van der Waals surface area contributed by atoms with Gasteiger partial charge in [-0.25, -0.2) is 4.98 Å². The molecule has 0 spiro atoms. The molecule has 3 aromatic carbocycles. The Morgan fingerprint density at radius 3 is 2.00 bits per heavy atom. The molecule has 0 unspecified atom stereocenters. The molecule has 1 saturated carbocycles. The molecule has 0 amide bonds. The van der Waals surface area contributed by atoms with Gasteiger partial charge in [0.05, 0.1) is 11.6 Å². The first kappa shape index (κ1) is 26.7. The van der Waals surface area contributed by atoms with E-state index < -0.39 is 0 Å². The van der Waals surface area contributed by atoms with Crippen molar-refractivity contribution < 1.29 is 0 Å². The summed E-state index contributed by atoms with van der Waals surface area (Å²) in [6, 6.07) is 31.0. The van der Waals surface area contributed by atoms with Crippen molar-refractivity contribution in [1.29, 1.82) is 0 Å². The van der Waals surface area contributed by atoms with Crippen molar-refractivity contribution in [2.45, 2.75) is 37.8 Å². The van der Waals surface area contributed by atoms with Gasteiger partial charge in [0.25, 0.3) is 0 Å². The molecule has 6 heteroatoms. The van der Waals surface area contributed by atoms with E-state index in [0.717, 1.165) is 60.7 Å². The van der Waals surface area contributed by atoms with E-state index in [1.165, 1.54) is 36.8 Å². The van der Waals surface area contributed by atoms with E-state index in [4.69, 9.17) is 9.97 Å². The molecule has 6 rings (SSSR count). The fraction of sp³-hybridized carbons (Fsp3) is 0.412. The van der Waals surface area contributed by atoms with Gasteiger partial charge in [-0.3, -0.25) is 4.90 Å². The van der Waals surface area contributed by atoms with Gasteiger partial charge >= 0.3 is 0 Å². The number of aromatic nitrogens is 2. The van der Waals surface area contributed by atoms with E-state index in [2.05, 4.69) is 93.2 Å². The fourth-order valence-corrected chi connectivity index (χ4v) is 6.48. The van der Waals surface area contributed by atoms with Gasteiger partial charge in [-0.2, -0.15) is 4.98 Å². The quantitative estimate of drug-likeness (QED) is 0.261. The van der Waals surface area contributed by atoms with Crippen molar-refractivity contribution in [2.75, 3.05) is 50.5 Å². The van der Waals surface area contributed by atoms with E-state index in [1.54, 1.807) is 0 Å². The number of hydrogen-bond acceptors (Lipinski definition) is 6. The summed E-state index contributed by atoms with van der Waals surface area (Å²) in [5.74, 6) is 3.21. The molecule has 1 aliphatic heterocycles. The second-order valence-corrected chi connectivity index (χ2v) is 11.8. The number of para-hydroxylation sites is 1. The lowest BCUT2D eigenvalue weighted by atomic mass is 9.85. The molecule has 2 fully saturated rings. The Bertz CT molecular complexity index is 1320. The highest BCUT2D eigenvalue weighted by Gasteiger charge is 2.33. The van der Waals surface area contributed by atoms with Crippen LogP contribution in [0.2, 0.25) is 0 Å². The lowest BCUT2D eigenvalue weighted by molar-refractivity contribution is 0.0675. The summed E-state index contributed by atoms with van der Waals surface area (Å²) < 4.78 is 0. The van der Waals surface area contributed by atoms with E-state index in [1.807, 2.05) is 26.2 Å². The predicted octanol–water partition coefficient (Wildman–Crippen LogP) is 5.98. The van der Waals surface area contributed by atoms with Crippen LogP contribution in [-0.2, 0) is 0 Å². The van der Waals surface area contributed by atoms with Crippen LogP contribution in [0.1, 0.15) is 42.9 Å². The molecule has 6 nitrogen and oxygen atoms in total. The van der Waals surface area contributed by atoms with Crippen molar-refractivity contribution in [3.05, 3.63) is 96.1 Å². The Kier molecular flexibility index (Phi) is 8.26. The summed E-state index contributed by atoms with van der Waals surface area (Å²) in [6.45, 7) is 4.54. The topological polar surface area (TPSA) is 56.3 Å². The van der Waals surface area contributed by atoms with Crippen LogP contribution in [-0.4, -0.2) is 61.2 Å². The summed E-state index contributed by atoms with van der Waals surface area (Å²) in [7, 11) is 4.09. The molecule has 0 radical (unpaired) electrons. The normalized spacial score (nSPS) is 20.0. The van der Waals surface area contributed by atoms with E-state index in [-0.39, 0.29) is 0 Å². The molecule has 0 atom stereocenters. The van der Waals surface area contributed by atoms with Crippen molar-refractivity contribution >= 4 is 22.7 Å².